The molecule has 0 aromatic carbocycles. The fraction of sp³-hybridized carbons (Fsp3) is 0.455. The molecule has 0 saturated heterocycles. The Bertz CT molecular complexity index is 443. The van der Waals surface area contributed by atoms with Crippen LogP contribution in [0.3, 0.4) is 0 Å². The first kappa shape index (κ1) is 12.0. The smallest absolute Gasteiger partial charge is 0.268 e. The lowest BCUT2D eigenvalue weighted by Gasteiger charge is -2.22. The third-order valence-electron chi connectivity index (χ3n) is 2.10. The molecule has 1 rings (SSSR count). The summed E-state index contributed by atoms with van der Waals surface area (Å²) in [4.78, 5) is 11.7. The molecule has 0 amide bonds. The van der Waals surface area contributed by atoms with Crippen molar-refractivity contribution in [2.24, 2.45) is 5.41 Å². The molecule has 0 aliphatic heterocycles. The first-order valence-electron chi connectivity index (χ1n) is 4.66. The maximum absolute atomic E-state index is 11.7. The van der Waals surface area contributed by atoms with Gasteiger partial charge in [0.2, 0.25) is 0 Å². The van der Waals surface area contributed by atoms with Crippen LogP contribution in [0.25, 0.3) is 0 Å². The van der Waals surface area contributed by atoms with Crippen LogP contribution in [0.2, 0.25) is 0 Å². The van der Waals surface area contributed by atoms with E-state index in [2.05, 4.69) is 29.8 Å². The molecule has 4 heteroatoms. The Labute approximate surface area is 97.5 Å². The Morgan fingerprint density at radius 2 is 2.27 bits per heavy atom. The van der Waals surface area contributed by atoms with Crippen molar-refractivity contribution >= 4 is 15.9 Å². The highest BCUT2D eigenvalue weighted by atomic mass is 79.9. The number of aromatic nitrogens is 1. The van der Waals surface area contributed by atoms with Crippen LogP contribution in [0.15, 0.2) is 23.1 Å². The Hall–Kier alpha value is -1.08. The molecule has 0 radical (unpaired) electrons. The summed E-state index contributed by atoms with van der Waals surface area (Å²) < 4.78 is 1.58. The van der Waals surface area contributed by atoms with Crippen LogP contribution < -0.4 is 5.56 Å². The summed E-state index contributed by atoms with van der Waals surface area (Å²) in [5.74, 6) is 0. The fourth-order valence-corrected chi connectivity index (χ4v) is 1.43. The Morgan fingerprint density at radius 1 is 1.60 bits per heavy atom. The minimum atomic E-state index is -0.214. The molecule has 0 bridgehead atoms. The number of hydrogen-bond acceptors (Lipinski definition) is 2. The zero-order chi connectivity index (χ0) is 11.5. The molecule has 1 aromatic rings. The number of halogens is 1. The van der Waals surface area contributed by atoms with Gasteiger partial charge in [-0.25, -0.2) is 0 Å². The van der Waals surface area contributed by atoms with E-state index < -0.39 is 0 Å². The average molecular weight is 269 g/mol. The highest BCUT2D eigenvalue weighted by Crippen LogP contribution is 2.19. The van der Waals surface area contributed by atoms with Gasteiger partial charge < -0.3 is 4.57 Å². The second-order valence-electron chi connectivity index (χ2n) is 4.26. The van der Waals surface area contributed by atoms with Crippen molar-refractivity contribution in [1.82, 2.24) is 4.57 Å². The molecule has 0 atom stereocenters. The first-order valence-corrected chi connectivity index (χ1v) is 5.78. The number of nitriles is 1. The Balaban J connectivity index is 3.08. The van der Waals surface area contributed by atoms with Crippen LogP contribution in [0.5, 0.6) is 0 Å². The lowest BCUT2D eigenvalue weighted by Crippen LogP contribution is -2.30. The van der Waals surface area contributed by atoms with Crippen molar-refractivity contribution in [3.63, 3.8) is 0 Å². The van der Waals surface area contributed by atoms with Crippen molar-refractivity contribution in [3.05, 3.63) is 34.2 Å². The van der Waals surface area contributed by atoms with Gasteiger partial charge in [-0.1, -0.05) is 29.8 Å². The second-order valence-corrected chi connectivity index (χ2v) is 4.83. The van der Waals surface area contributed by atoms with E-state index in [9.17, 15) is 4.79 Å². The summed E-state index contributed by atoms with van der Waals surface area (Å²) in [7, 11) is 0. The number of nitrogens with zero attached hydrogens (tertiary/aromatic N) is 2. The average Bonchev–Trinajstić information content (AvgIpc) is 2.21. The summed E-state index contributed by atoms with van der Waals surface area (Å²) in [6.45, 7) is 4.73. The van der Waals surface area contributed by atoms with Crippen LogP contribution in [-0.4, -0.2) is 9.90 Å². The fourth-order valence-electron chi connectivity index (χ4n) is 1.25. The summed E-state index contributed by atoms with van der Waals surface area (Å²) in [5, 5.41) is 9.53. The van der Waals surface area contributed by atoms with Crippen molar-refractivity contribution in [1.29, 1.82) is 5.26 Å². The van der Waals surface area contributed by atoms with Gasteiger partial charge in [0.15, 0.2) is 0 Å². The van der Waals surface area contributed by atoms with Crippen LogP contribution >= 0.6 is 15.9 Å². The molecule has 0 fully saturated rings. The largest absolute Gasteiger partial charge is 0.314 e. The molecule has 80 valence electrons. The SMILES string of the molecule is CC(C)(CBr)Cn1cccc(C#N)c1=O. The van der Waals surface area contributed by atoms with Crippen molar-refractivity contribution in [3.8, 4) is 6.07 Å². The van der Waals surface area contributed by atoms with Gasteiger partial charge in [-0.2, -0.15) is 5.26 Å². The monoisotopic (exact) mass is 268 g/mol. The minimum Gasteiger partial charge on any atom is -0.314 e. The van der Waals surface area contributed by atoms with Gasteiger partial charge in [0.05, 0.1) is 0 Å². The molecule has 1 heterocycles. The van der Waals surface area contributed by atoms with Gasteiger partial charge in [-0.05, 0) is 17.5 Å². The highest BCUT2D eigenvalue weighted by Gasteiger charge is 2.17. The van der Waals surface area contributed by atoms with E-state index in [-0.39, 0.29) is 16.5 Å². The third-order valence-corrected chi connectivity index (χ3v) is 3.62. The predicted octanol–water partition coefficient (Wildman–Crippen LogP) is 2.14. The molecule has 0 aliphatic carbocycles. The molecule has 1 aromatic heterocycles. The number of rotatable bonds is 3. The van der Waals surface area contributed by atoms with Crippen LogP contribution in [0.1, 0.15) is 19.4 Å². The highest BCUT2D eigenvalue weighted by molar-refractivity contribution is 9.09. The van der Waals surface area contributed by atoms with Gasteiger partial charge in [-0.15, -0.1) is 0 Å². The lowest BCUT2D eigenvalue weighted by atomic mass is 9.96. The van der Waals surface area contributed by atoms with Crippen molar-refractivity contribution in [2.75, 3.05) is 5.33 Å². The maximum atomic E-state index is 11.7. The zero-order valence-electron chi connectivity index (χ0n) is 8.83. The molecule has 15 heavy (non-hydrogen) atoms. The quantitative estimate of drug-likeness (QED) is 0.789. The normalized spacial score (nSPS) is 11.1. The maximum Gasteiger partial charge on any atom is 0.268 e. The molecule has 0 unspecified atom stereocenters. The number of pyridine rings is 1. The molecular weight excluding hydrogens is 256 g/mol. The lowest BCUT2D eigenvalue weighted by molar-refractivity contribution is 0.349. The topological polar surface area (TPSA) is 45.8 Å². The number of alkyl halides is 1. The second kappa shape index (κ2) is 4.63. The first-order chi connectivity index (χ1) is 7.00. The Kier molecular flexibility index (Phi) is 3.70. The van der Waals surface area contributed by atoms with Crippen LogP contribution in [0.4, 0.5) is 0 Å². The van der Waals surface area contributed by atoms with E-state index in [1.165, 1.54) is 0 Å². The molecule has 3 nitrogen and oxygen atoms in total. The summed E-state index contributed by atoms with van der Waals surface area (Å²) in [6.07, 6.45) is 1.72. The van der Waals surface area contributed by atoms with Gasteiger partial charge in [-0.3, -0.25) is 4.79 Å². The molecule has 0 N–H and O–H groups in total. The van der Waals surface area contributed by atoms with Crippen molar-refractivity contribution in [2.45, 2.75) is 20.4 Å². The van der Waals surface area contributed by atoms with E-state index in [1.807, 2.05) is 6.07 Å². The van der Waals surface area contributed by atoms with Crippen LogP contribution in [-0.2, 0) is 6.54 Å². The third kappa shape index (κ3) is 2.93. The van der Waals surface area contributed by atoms with Gasteiger partial charge >= 0.3 is 0 Å². The summed E-state index contributed by atoms with van der Waals surface area (Å²) >= 11 is 3.41. The molecular formula is C11H13BrN2O. The Morgan fingerprint density at radius 3 is 2.80 bits per heavy atom. The molecule has 0 aliphatic rings. The zero-order valence-corrected chi connectivity index (χ0v) is 10.4. The molecule has 0 saturated carbocycles. The van der Waals surface area contributed by atoms with Gasteiger partial charge in [0.1, 0.15) is 11.6 Å². The van der Waals surface area contributed by atoms with Gasteiger partial charge in [0.25, 0.3) is 5.56 Å². The summed E-state index contributed by atoms with van der Waals surface area (Å²) in [5.41, 5.74) is -0.0188. The minimum absolute atomic E-state index is 0.00208. The van der Waals surface area contributed by atoms with E-state index in [0.717, 1.165) is 5.33 Å². The van der Waals surface area contributed by atoms with Crippen LogP contribution in [0, 0.1) is 16.7 Å². The van der Waals surface area contributed by atoms with E-state index in [1.54, 1.807) is 22.9 Å². The van der Waals surface area contributed by atoms with Gasteiger partial charge in [0, 0.05) is 18.1 Å². The van der Waals surface area contributed by atoms with E-state index in [4.69, 9.17) is 5.26 Å². The molecule has 0 spiro atoms. The summed E-state index contributed by atoms with van der Waals surface area (Å²) in [6, 6.07) is 5.16. The predicted molar refractivity (Wildman–Crippen MR) is 63.0 cm³/mol. The standard InChI is InChI=1S/C11H13BrN2O/c1-11(2,7-12)8-14-5-3-4-9(6-13)10(14)15/h3-5H,7-8H2,1-2H3. The van der Waals surface area contributed by atoms with E-state index >= 15 is 0 Å². The number of hydrogen-bond donors (Lipinski definition) is 0. The van der Waals surface area contributed by atoms with E-state index in [0.29, 0.717) is 6.54 Å². The van der Waals surface area contributed by atoms with Crippen molar-refractivity contribution < 1.29 is 0 Å².